The summed E-state index contributed by atoms with van der Waals surface area (Å²) in [6.45, 7) is 8.14. The first kappa shape index (κ1) is 19.1. The van der Waals surface area contributed by atoms with E-state index in [4.69, 9.17) is 28.4 Å². The fraction of sp³-hybridized carbons (Fsp3) is 0.824. The van der Waals surface area contributed by atoms with Gasteiger partial charge in [0, 0.05) is 0 Å². The van der Waals surface area contributed by atoms with E-state index in [1.54, 1.807) is 27.7 Å². The van der Waals surface area contributed by atoms with Crippen LogP contribution >= 0.6 is 0 Å². The maximum atomic E-state index is 12.0. The van der Waals surface area contributed by atoms with Crippen molar-refractivity contribution in [2.24, 2.45) is 5.41 Å². The van der Waals surface area contributed by atoms with Gasteiger partial charge in [-0.2, -0.15) is 0 Å². The topological polar surface area (TPSA) is 107 Å². The number of hydrogen-bond acceptors (Lipinski definition) is 9. The largest absolute Gasteiger partial charge is 0.454 e. The molecule has 0 aliphatic carbocycles. The second kappa shape index (κ2) is 6.47. The minimum absolute atomic E-state index is 0.514. The Kier molecular flexibility index (Phi) is 4.74. The molecule has 0 aromatic heterocycles. The number of hydrogen-bond donors (Lipinski definition) is 0. The number of rotatable bonds is 5. The van der Waals surface area contributed by atoms with Crippen LogP contribution in [0.3, 0.4) is 0 Å². The molecule has 5 unspecified atom stereocenters. The molecular weight excluding hydrogens is 348 g/mol. The van der Waals surface area contributed by atoms with Crippen molar-refractivity contribution < 1.29 is 42.8 Å². The van der Waals surface area contributed by atoms with Crippen molar-refractivity contribution in [1.29, 1.82) is 0 Å². The van der Waals surface area contributed by atoms with Gasteiger partial charge in [-0.05, 0) is 34.1 Å². The lowest BCUT2D eigenvalue weighted by Gasteiger charge is -2.22. The Bertz CT molecular complexity index is 611. The van der Waals surface area contributed by atoms with Crippen LogP contribution in [0.15, 0.2) is 0 Å². The van der Waals surface area contributed by atoms with Gasteiger partial charge in [-0.1, -0.05) is 6.92 Å². The molecule has 0 amide bonds. The summed E-state index contributed by atoms with van der Waals surface area (Å²) in [4.78, 5) is 35.9. The highest BCUT2D eigenvalue weighted by Crippen LogP contribution is 2.42. The fourth-order valence-corrected chi connectivity index (χ4v) is 2.97. The zero-order chi connectivity index (χ0) is 19.3. The van der Waals surface area contributed by atoms with Crippen LogP contribution in [0.25, 0.3) is 0 Å². The molecule has 3 aliphatic rings. The number of carbonyl (C=O) groups is 3. The first-order chi connectivity index (χ1) is 12.0. The molecule has 3 heterocycles. The number of carbonyl (C=O) groups excluding carboxylic acids is 3. The third-order valence-corrected chi connectivity index (χ3v) is 4.83. The SMILES string of the molecule is CCC(C)(C)C(=O)OCC(=O)OC1C(=O)OC2C3OC(C)(C)OC3OC12. The average molecular weight is 372 g/mol. The van der Waals surface area contributed by atoms with Crippen LogP contribution in [0.4, 0.5) is 0 Å². The molecule has 0 saturated carbocycles. The molecule has 9 nitrogen and oxygen atoms in total. The summed E-state index contributed by atoms with van der Waals surface area (Å²) in [5, 5.41) is 0. The standard InChI is InChI=1S/C17H24O9/c1-6-16(2,3)15(20)21-7-8(18)22-11-9-10(23-13(11)19)12-14(24-9)26-17(4,5)25-12/h9-12,14H,6-7H2,1-5H3. The summed E-state index contributed by atoms with van der Waals surface area (Å²) < 4.78 is 32.2. The van der Waals surface area contributed by atoms with E-state index >= 15 is 0 Å². The molecule has 0 radical (unpaired) electrons. The summed E-state index contributed by atoms with van der Waals surface area (Å²) >= 11 is 0. The van der Waals surface area contributed by atoms with Gasteiger partial charge in [-0.3, -0.25) is 4.79 Å². The zero-order valence-corrected chi connectivity index (χ0v) is 15.5. The predicted octanol–water partition coefficient (Wildman–Crippen LogP) is 0.679. The molecule has 0 spiro atoms. The molecule has 0 aromatic carbocycles. The van der Waals surface area contributed by atoms with Gasteiger partial charge in [0.05, 0.1) is 5.41 Å². The minimum Gasteiger partial charge on any atom is -0.454 e. The zero-order valence-electron chi connectivity index (χ0n) is 15.5. The van der Waals surface area contributed by atoms with E-state index in [0.29, 0.717) is 6.42 Å². The first-order valence-corrected chi connectivity index (χ1v) is 8.62. The normalized spacial score (nSPS) is 34.8. The molecule has 3 saturated heterocycles. The molecule has 146 valence electrons. The van der Waals surface area contributed by atoms with Crippen molar-refractivity contribution in [3.63, 3.8) is 0 Å². The maximum absolute atomic E-state index is 12.0. The van der Waals surface area contributed by atoms with Gasteiger partial charge in [0.15, 0.2) is 30.9 Å². The molecule has 3 aliphatic heterocycles. The van der Waals surface area contributed by atoms with Gasteiger partial charge >= 0.3 is 17.9 Å². The summed E-state index contributed by atoms with van der Waals surface area (Å²) in [7, 11) is 0. The molecule has 3 rings (SSSR count). The second-order valence-corrected chi connectivity index (χ2v) is 7.69. The van der Waals surface area contributed by atoms with Gasteiger partial charge < -0.3 is 28.4 Å². The lowest BCUT2D eigenvalue weighted by Crippen LogP contribution is -2.38. The Balaban J connectivity index is 1.55. The number of esters is 3. The van der Waals surface area contributed by atoms with Crippen molar-refractivity contribution >= 4 is 17.9 Å². The van der Waals surface area contributed by atoms with E-state index in [0.717, 1.165) is 0 Å². The minimum atomic E-state index is -1.24. The molecule has 9 heteroatoms. The summed E-state index contributed by atoms with van der Waals surface area (Å²) in [5.41, 5.74) is -0.703. The van der Waals surface area contributed by atoms with Crippen LogP contribution in [0.1, 0.15) is 41.0 Å². The molecule has 0 bridgehead atoms. The fourth-order valence-electron chi connectivity index (χ4n) is 2.97. The molecule has 26 heavy (non-hydrogen) atoms. The van der Waals surface area contributed by atoms with Crippen molar-refractivity contribution in [2.75, 3.05) is 6.61 Å². The van der Waals surface area contributed by atoms with E-state index in [-0.39, 0.29) is 0 Å². The summed E-state index contributed by atoms with van der Waals surface area (Å²) in [5.74, 6) is -2.93. The van der Waals surface area contributed by atoms with E-state index in [1.165, 1.54) is 0 Å². The number of fused-ring (bicyclic) bond motifs is 3. The molecule has 5 atom stereocenters. The van der Waals surface area contributed by atoms with Gasteiger partial charge in [0.2, 0.25) is 6.10 Å². The molecular formula is C17H24O9. The first-order valence-electron chi connectivity index (χ1n) is 8.62. The lowest BCUT2D eigenvalue weighted by atomic mass is 9.91. The van der Waals surface area contributed by atoms with Gasteiger partial charge in [0.25, 0.3) is 0 Å². The molecule has 0 aromatic rings. The van der Waals surface area contributed by atoms with Gasteiger partial charge in [-0.15, -0.1) is 0 Å². The lowest BCUT2D eigenvalue weighted by molar-refractivity contribution is -0.217. The summed E-state index contributed by atoms with van der Waals surface area (Å²) in [6, 6.07) is 0. The van der Waals surface area contributed by atoms with Crippen LogP contribution < -0.4 is 0 Å². The molecule has 0 N–H and O–H groups in total. The van der Waals surface area contributed by atoms with E-state index < -0.39 is 66.4 Å². The van der Waals surface area contributed by atoms with Crippen LogP contribution in [-0.4, -0.2) is 61.0 Å². The van der Waals surface area contributed by atoms with E-state index in [1.807, 2.05) is 6.92 Å². The second-order valence-electron chi connectivity index (χ2n) is 7.69. The van der Waals surface area contributed by atoms with Crippen molar-refractivity contribution in [1.82, 2.24) is 0 Å². The average Bonchev–Trinajstić information content (AvgIpc) is 3.12. The summed E-state index contributed by atoms with van der Waals surface area (Å²) in [6.07, 6.45) is -3.49. The Morgan fingerprint density at radius 1 is 1.15 bits per heavy atom. The monoisotopic (exact) mass is 372 g/mol. The van der Waals surface area contributed by atoms with Crippen molar-refractivity contribution in [3.8, 4) is 0 Å². The highest BCUT2D eigenvalue weighted by atomic mass is 16.9. The van der Waals surface area contributed by atoms with Crippen LogP contribution in [-0.2, 0) is 42.8 Å². The quantitative estimate of drug-likeness (QED) is 0.508. The predicted molar refractivity (Wildman–Crippen MR) is 83.5 cm³/mol. The van der Waals surface area contributed by atoms with E-state index in [2.05, 4.69) is 0 Å². The Morgan fingerprint density at radius 2 is 1.85 bits per heavy atom. The Morgan fingerprint density at radius 3 is 2.50 bits per heavy atom. The van der Waals surface area contributed by atoms with Gasteiger partial charge in [-0.25, -0.2) is 9.59 Å². The van der Waals surface area contributed by atoms with Crippen LogP contribution in [0.5, 0.6) is 0 Å². The Hall–Kier alpha value is -1.71. The van der Waals surface area contributed by atoms with Crippen molar-refractivity contribution in [3.05, 3.63) is 0 Å². The third-order valence-electron chi connectivity index (χ3n) is 4.83. The molecule has 3 fully saturated rings. The van der Waals surface area contributed by atoms with Crippen LogP contribution in [0, 0.1) is 5.41 Å². The maximum Gasteiger partial charge on any atom is 0.350 e. The van der Waals surface area contributed by atoms with Crippen molar-refractivity contribution in [2.45, 2.75) is 77.5 Å². The van der Waals surface area contributed by atoms with E-state index in [9.17, 15) is 14.4 Å². The highest BCUT2D eigenvalue weighted by Gasteiger charge is 2.64. The van der Waals surface area contributed by atoms with Gasteiger partial charge in [0.1, 0.15) is 6.10 Å². The smallest absolute Gasteiger partial charge is 0.350 e. The third kappa shape index (κ3) is 3.43. The number of ether oxygens (including phenoxy) is 6. The highest BCUT2D eigenvalue weighted by molar-refractivity contribution is 5.84. The van der Waals surface area contributed by atoms with Crippen LogP contribution in [0.2, 0.25) is 0 Å². The Labute approximate surface area is 151 Å².